The topological polar surface area (TPSA) is 105 Å². The van der Waals surface area contributed by atoms with Crippen LogP contribution < -0.4 is 0 Å². The van der Waals surface area contributed by atoms with Gasteiger partial charge in [-0.3, -0.25) is 0 Å². The van der Waals surface area contributed by atoms with Crippen LogP contribution >= 0.6 is 90.7 Å². The zero-order chi connectivity index (χ0) is 77.7. The van der Waals surface area contributed by atoms with Crippen molar-refractivity contribution >= 4 is 259 Å². The van der Waals surface area contributed by atoms with Crippen molar-refractivity contribution in [1.29, 1.82) is 0 Å². The molecule has 560 valence electrons. The van der Waals surface area contributed by atoms with Gasteiger partial charge in [-0.15, -0.1) is 90.7 Å². The molecule has 8 aromatic carbocycles. The van der Waals surface area contributed by atoms with Gasteiger partial charge < -0.3 is 35.3 Å². The van der Waals surface area contributed by atoms with Gasteiger partial charge in [-0.05, 0) is 353 Å². The highest BCUT2D eigenvalue weighted by Crippen LogP contribution is 2.40. The van der Waals surface area contributed by atoms with Crippen molar-refractivity contribution in [1.82, 2.24) is 0 Å². The van der Waals surface area contributed by atoms with Crippen LogP contribution in [-0.2, 0) is 0 Å². The predicted octanol–water partition coefficient (Wildman–Crippen LogP) is 34.1. The molecule has 16 aromatic heterocycles. The van der Waals surface area contributed by atoms with Gasteiger partial charge in [-0.2, -0.15) is 0 Å². The molecule has 0 unspecified atom stereocenters. The van der Waals surface area contributed by atoms with Crippen LogP contribution in [0, 0.1) is 111 Å². The van der Waals surface area contributed by atoms with Gasteiger partial charge in [-0.25, -0.2) is 0 Å². The van der Waals surface area contributed by atoms with Crippen LogP contribution in [0.1, 0.15) is 87.1 Å². The third-order valence-corrected chi connectivity index (χ3v) is 28.5. The maximum atomic E-state index is 5.54. The smallest absolute Gasteiger partial charge is 0.138 e. The number of fused-ring (bicyclic) bond motifs is 16. The van der Waals surface area contributed by atoms with Gasteiger partial charge in [0, 0.05) is 112 Å². The summed E-state index contributed by atoms with van der Waals surface area (Å²) in [6.45, 7) is 33.4. The molecular weight excluding hydrogens is 1540 g/mol. The molecule has 0 spiro atoms. The predicted molar refractivity (Wildman–Crippen MR) is 489 cm³/mol. The largest absolute Gasteiger partial charge is 0.464 e. The molecule has 0 radical (unpaired) electrons. The van der Waals surface area contributed by atoms with E-state index < -0.39 is 0 Å². The standard InChI is InChI=1S/4C12H10O2.4C12H10S2/c1-7-5-13-11-4-10-8(2)6-14-12(10)3-9(7)11;1-7-5-13-11-4-12-10(3-9(7)11)8(2)6-14-12;1-7-3-9-5-12-10(4-8(2)14-12)6-11(9)13-7;1-7-3-9-5-10-4-8(2)14-12(10)6-11(9)13-7;1-7-5-13-11-4-10-8(2)6-14-12(10)3-9(7)11;1-7-5-13-11-4-12-10(3-9(7)11)8(2)6-14-12;1-7-3-9-5-12-10(4-8(2)14-12)6-11(9)13-7;1-7-3-9-5-10-4-8(2)14-12(10)6-11(9)13-7/h8*3-6H,1-2H3. The van der Waals surface area contributed by atoms with Crippen molar-refractivity contribution in [2.75, 3.05) is 0 Å². The van der Waals surface area contributed by atoms with E-state index in [2.05, 4.69) is 162 Å². The normalized spacial score (nSPS) is 11.6. The maximum Gasteiger partial charge on any atom is 0.138 e. The molecule has 0 aliphatic heterocycles. The number of furan rings is 8. The number of aryl methyl sites for hydroxylation is 16. The Morgan fingerprint density at radius 2 is 0.429 bits per heavy atom. The monoisotopic (exact) mass is 1620 g/mol. The van der Waals surface area contributed by atoms with E-state index in [0.29, 0.717) is 0 Å². The number of hydrogen-bond donors (Lipinski definition) is 0. The number of hydrogen-bond acceptors (Lipinski definition) is 16. The Bertz CT molecular complexity index is 6300. The first-order chi connectivity index (χ1) is 53.9. The summed E-state index contributed by atoms with van der Waals surface area (Å²) in [7, 11) is 0. The minimum atomic E-state index is 0.893. The highest BCUT2D eigenvalue weighted by atomic mass is 32.1. The lowest BCUT2D eigenvalue weighted by Gasteiger charge is -1.94. The van der Waals surface area contributed by atoms with Crippen molar-refractivity contribution in [3.05, 3.63) is 279 Å². The van der Waals surface area contributed by atoms with Crippen molar-refractivity contribution in [3.8, 4) is 0 Å². The van der Waals surface area contributed by atoms with Crippen LogP contribution in [0.25, 0.3) is 168 Å². The Morgan fingerprint density at radius 1 is 0.179 bits per heavy atom. The van der Waals surface area contributed by atoms with E-state index in [-0.39, 0.29) is 0 Å². The fraction of sp³-hybridized carbons (Fsp3) is 0.167. The van der Waals surface area contributed by atoms with Crippen LogP contribution in [-0.4, -0.2) is 0 Å². The highest BCUT2D eigenvalue weighted by molar-refractivity contribution is 7.22. The van der Waals surface area contributed by atoms with Gasteiger partial charge in [0.15, 0.2) is 0 Å². The second-order valence-corrected chi connectivity index (χ2v) is 38.1. The van der Waals surface area contributed by atoms with Crippen LogP contribution in [0.5, 0.6) is 0 Å². The van der Waals surface area contributed by atoms with E-state index in [1.54, 1.807) is 25.1 Å². The van der Waals surface area contributed by atoms with Crippen LogP contribution in [0.4, 0.5) is 0 Å². The Balaban J connectivity index is 0.0000000929. The Labute approximate surface area is 678 Å². The second kappa shape index (κ2) is 30.4. The van der Waals surface area contributed by atoms with Crippen molar-refractivity contribution < 1.29 is 35.3 Å². The third-order valence-electron chi connectivity index (χ3n) is 20.2. The molecule has 0 aliphatic rings. The third kappa shape index (κ3) is 15.1. The molecule has 0 saturated heterocycles. The fourth-order valence-corrected chi connectivity index (χ4v) is 22.4. The van der Waals surface area contributed by atoms with Crippen LogP contribution in [0.2, 0.25) is 0 Å². The molecule has 0 amide bonds. The lowest BCUT2D eigenvalue weighted by atomic mass is 10.1. The summed E-state index contributed by atoms with van der Waals surface area (Å²) in [5.74, 6) is 3.74. The minimum absolute atomic E-state index is 0.893. The first-order valence-corrected chi connectivity index (χ1v) is 43.7. The zero-order valence-corrected chi connectivity index (χ0v) is 71.5. The molecule has 0 fully saturated rings. The summed E-state index contributed by atoms with van der Waals surface area (Å²) in [5.41, 5.74) is 17.5. The first-order valence-electron chi connectivity index (χ1n) is 37.0. The van der Waals surface area contributed by atoms with Gasteiger partial charge in [0.1, 0.15) is 67.7 Å². The van der Waals surface area contributed by atoms with E-state index in [4.69, 9.17) is 35.3 Å². The average molecular weight is 1620 g/mol. The minimum Gasteiger partial charge on any atom is -0.464 e. The molecule has 8 nitrogen and oxygen atoms in total. The van der Waals surface area contributed by atoms with Crippen LogP contribution in [0.15, 0.2) is 228 Å². The lowest BCUT2D eigenvalue weighted by molar-refractivity contribution is 0.568. The molecule has 24 aromatic rings. The molecule has 24 rings (SSSR count). The first kappa shape index (κ1) is 74.5. The molecule has 0 atom stereocenters. The molecule has 112 heavy (non-hydrogen) atoms. The number of thiophene rings is 8. The molecule has 16 heteroatoms. The van der Waals surface area contributed by atoms with Gasteiger partial charge >= 0.3 is 0 Å². The molecule has 0 N–H and O–H groups in total. The van der Waals surface area contributed by atoms with E-state index in [0.717, 1.165) is 111 Å². The van der Waals surface area contributed by atoms with Crippen molar-refractivity contribution in [3.63, 3.8) is 0 Å². The summed E-state index contributed by atoms with van der Waals surface area (Å²) in [6, 6.07) is 52.0. The fourth-order valence-electron chi connectivity index (χ4n) is 14.6. The second-order valence-electron chi connectivity index (χ2n) is 29.3. The van der Waals surface area contributed by atoms with Gasteiger partial charge in [0.05, 0.1) is 25.1 Å². The quantitative estimate of drug-likeness (QED) is 0.148. The van der Waals surface area contributed by atoms with E-state index in [1.165, 1.54) is 144 Å². The Kier molecular flexibility index (Phi) is 20.2. The van der Waals surface area contributed by atoms with Crippen molar-refractivity contribution in [2.45, 2.75) is 111 Å². The lowest BCUT2D eigenvalue weighted by Crippen LogP contribution is -1.70. The summed E-state index contributed by atoms with van der Waals surface area (Å²) in [6.07, 6.45) is 7.11. The molecule has 0 aliphatic carbocycles. The van der Waals surface area contributed by atoms with E-state index >= 15 is 0 Å². The number of rotatable bonds is 0. The van der Waals surface area contributed by atoms with E-state index in [1.807, 2.05) is 207 Å². The molecular formula is C96H80O8S8. The average Bonchev–Trinajstić information content (AvgIpc) is 1.64. The summed E-state index contributed by atoms with van der Waals surface area (Å²) < 4.78 is 55.1. The van der Waals surface area contributed by atoms with Crippen molar-refractivity contribution in [2.24, 2.45) is 0 Å². The SMILES string of the molecule is Cc1cc2cc3cc(C)oc3cc2o1.Cc1cc2cc3cc(C)sc3cc2s1.Cc1cc2cc3oc(C)cc3cc2o1.Cc1cc2cc3sc(C)cc3cc2s1.Cc1coc2cc3c(C)coc3cc12.Cc1coc2cc3occ(C)c3cc12.Cc1csc2cc3c(C)csc3cc12.Cc1csc2cc3scc(C)c3cc12. The van der Waals surface area contributed by atoms with Gasteiger partial charge in [0.25, 0.3) is 0 Å². The van der Waals surface area contributed by atoms with Gasteiger partial charge in [-0.1, -0.05) is 0 Å². The van der Waals surface area contributed by atoms with E-state index in [9.17, 15) is 0 Å². The summed E-state index contributed by atoms with van der Waals surface area (Å²) in [5, 5.41) is 29.3. The molecule has 0 saturated carbocycles. The Hall–Kier alpha value is -10.2. The molecule has 0 bridgehead atoms. The molecule has 16 heterocycles. The number of benzene rings is 8. The summed E-state index contributed by atoms with van der Waals surface area (Å²) >= 11 is 14.9. The highest BCUT2D eigenvalue weighted by Gasteiger charge is 2.14. The Morgan fingerprint density at radius 3 is 0.786 bits per heavy atom. The maximum absolute atomic E-state index is 5.54. The van der Waals surface area contributed by atoms with Gasteiger partial charge in [0.2, 0.25) is 0 Å². The van der Waals surface area contributed by atoms with Crippen LogP contribution in [0.3, 0.4) is 0 Å². The zero-order valence-electron chi connectivity index (χ0n) is 65.0. The summed E-state index contributed by atoms with van der Waals surface area (Å²) in [4.78, 5) is 5.59.